The van der Waals surface area contributed by atoms with Crippen LogP contribution in [0.25, 0.3) is 5.65 Å². The molecule has 0 unspecified atom stereocenters. The molecule has 6 nitrogen and oxygen atoms in total. The molecule has 0 atom stereocenters. The second kappa shape index (κ2) is 4.42. The van der Waals surface area contributed by atoms with Gasteiger partial charge in [-0.1, -0.05) is 12.1 Å². The van der Waals surface area contributed by atoms with E-state index in [1.807, 2.05) is 24.3 Å². The topological polar surface area (TPSA) is 78.3 Å². The fraction of sp³-hybridized carbons (Fsp3) is 0.0833. The lowest BCUT2D eigenvalue weighted by molar-refractivity contribution is 0.464. The van der Waals surface area contributed by atoms with Crippen LogP contribution in [-0.2, 0) is 6.54 Å². The van der Waals surface area contributed by atoms with Crippen LogP contribution in [0.3, 0.4) is 0 Å². The molecule has 90 valence electrons. The average Bonchev–Trinajstić information content (AvgIpc) is 2.88. The number of nitrogens with two attached hydrogens (primary N) is 1. The van der Waals surface area contributed by atoms with Crippen molar-refractivity contribution in [3.05, 3.63) is 48.5 Å². The Balaban J connectivity index is 1.98. The highest BCUT2D eigenvalue weighted by Gasteiger charge is 2.07. The molecule has 3 rings (SSSR count). The molecule has 2 heterocycles. The van der Waals surface area contributed by atoms with Crippen molar-refractivity contribution in [1.29, 1.82) is 0 Å². The second-order valence-corrected chi connectivity index (χ2v) is 3.75. The minimum atomic E-state index is 0.421. The molecule has 0 radical (unpaired) electrons. The van der Waals surface area contributed by atoms with E-state index in [0.717, 1.165) is 5.56 Å². The molecule has 0 fully saturated rings. The molecule has 1 aromatic carbocycles. The number of hydrogen-bond donors (Lipinski definition) is 1. The third-order valence-corrected chi connectivity index (χ3v) is 2.53. The first kappa shape index (κ1) is 10.7. The molecule has 0 saturated carbocycles. The SMILES string of the molecule is NCc1cccc(Oc2nccn3cnnc23)c1. The van der Waals surface area contributed by atoms with Gasteiger partial charge in [-0.05, 0) is 17.7 Å². The molecule has 0 aliphatic rings. The summed E-state index contributed by atoms with van der Waals surface area (Å²) < 4.78 is 7.45. The van der Waals surface area contributed by atoms with E-state index in [2.05, 4.69) is 15.2 Å². The maximum atomic E-state index is 5.70. The van der Waals surface area contributed by atoms with E-state index >= 15 is 0 Å². The van der Waals surface area contributed by atoms with Gasteiger partial charge in [-0.25, -0.2) is 4.98 Å². The first-order valence-electron chi connectivity index (χ1n) is 5.48. The molecule has 2 N–H and O–H groups in total. The maximum Gasteiger partial charge on any atom is 0.265 e. The van der Waals surface area contributed by atoms with Crippen LogP contribution in [0.1, 0.15) is 5.56 Å². The van der Waals surface area contributed by atoms with Crippen molar-refractivity contribution in [3.8, 4) is 11.6 Å². The van der Waals surface area contributed by atoms with Crippen molar-refractivity contribution in [1.82, 2.24) is 19.6 Å². The lowest BCUT2D eigenvalue weighted by atomic mass is 10.2. The minimum Gasteiger partial charge on any atom is -0.436 e. The van der Waals surface area contributed by atoms with Gasteiger partial charge in [-0.15, -0.1) is 10.2 Å². The van der Waals surface area contributed by atoms with Crippen molar-refractivity contribution in [2.45, 2.75) is 6.54 Å². The Morgan fingerprint density at radius 3 is 3.17 bits per heavy atom. The highest BCUT2D eigenvalue weighted by molar-refractivity contribution is 5.49. The van der Waals surface area contributed by atoms with Gasteiger partial charge in [0.2, 0.25) is 5.65 Å². The standard InChI is InChI=1S/C12H11N5O/c13-7-9-2-1-3-10(6-9)18-12-11-16-15-8-17(11)5-4-14-12/h1-6,8H,7,13H2. The van der Waals surface area contributed by atoms with Gasteiger partial charge < -0.3 is 10.5 Å². The normalized spacial score (nSPS) is 10.7. The third kappa shape index (κ3) is 1.89. The molecule has 3 aromatic rings. The monoisotopic (exact) mass is 241 g/mol. The predicted molar refractivity (Wildman–Crippen MR) is 65.2 cm³/mol. The molecule has 0 aliphatic heterocycles. The fourth-order valence-electron chi connectivity index (χ4n) is 1.65. The van der Waals surface area contributed by atoms with Gasteiger partial charge in [0.25, 0.3) is 5.88 Å². The molecule has 0 bridgehead atoms. The largest absolute Gasteiger partial charge is 0.436 e. The molecule has 18 heavy (non-hydrogen) atoms. The molecule has 0 saturated heterocycles. The molecule has 6 heteroatoms. The van der Waals surface area contributed by atoms with Gasteiger partial charge in [-0.2, -0.15) is 0 Å². The lowest BCUT2D eigenvalue weighted by Crippen LogP contribution is -1.97. The summed E-state index contributed by atoms with van der Waals surface area (Å²) in [5.74, 6) is 1.10. The number of fused-ring (bicyclic) bond motifs is 1. The fourth-order valence-corrected chi connectivity index (χ4v) is 1.65. The van der Waals surface area contributed by atoms with Gasteiger partial charge in [0.15, 0.2) is 0 Å². The van der Waals surface area contributed by atoms with Crippen molar-refractivity contribution in [2.24, 2.45) is 5.73 Å². The van der Waals surface area contributed by atoms with Crippen LogP contribution < -0.4 is 10.5 Å². The van der Waals surface area contributed by atoms with Crippen LogP contribution in [-0.4, -0.2) is 19.6 Å². The predicted octanol–water partition coefficient (Wildman–Crippen LogP) is 1.38. The summed E-state index contributed by atoms with van der Waals surface area (Å²) in [7, 11) is 0. The average molecular weight is 241 g/mol. The van der Waals surface area contributed by atoms with Gasteiger partial charge in [0.1, 0.15) is 12.1 Å². The van der Waals surface area contributed by atoms with Crippen LogP contribution in [0.4, 0.5) is 0 Å². The van der Waals surface area contributed by atoms with Gasteiger partial charge in [0.05, 0.1) is 0 Å². The van der Waals surface area contributed by atoms with E-state index in [4.69, 9.17) is 10.5 Å². The van der Waals surface area contributed by atoms with Gasteiger partial charge in [0, 0.05) is 18.9 Å². The Morgan fingerprint density at radius 1 is 1.33 bits per heavy atom. The summed E-state index contributed by atoms with van der Waals surface area (Å²) >= 11 is 0. The van der Waals surface area contributed by atoms with Crippen LogP contribution in [0.5, 0.6) is 11.6 Å². The smallest absolute Gasteiger partial charge is 0.265 e. The molecule has 2 aromatic heterocycles. The van der Waals surface area contributed by atoms with Crippen molar-refractivity contribution >= 4 is 5.65 Å². The summed E-state index contributed by atoms with van der Waals surface area (Å²) in [6, 6.07) is 7.56. The quantitative estimate of drug-likeness (QED) is 0.749. The minimum absolute atomic E-state index is 0.421. The highest BCUT2D eigenvalue weighted by atomic mass is 16.5. The summed E-state index contributed by atoms with van der Waals surface area (Å²) in [6.45, 7) is 0.472. The van der Waals surface area contributed by atoms with Crippen LogP contribution in [0.2, 0.25) is 0 Å². The molecule has 0 aliphatic carbocycles. The third-order valence-electron chi connectivity index (χ3n) is 2.53. The number of ether oxygens (including phenoxy) is 1. The first-order valence-corrected chi connectivity index (χ1v) is 5.48. The number of nitrogens with zero attached hydrogens (tertiary/aromatic N) is 4. The van der Waals surface area contributed by atoms with Crippen molar-refractivity contribution in [2.75, 3.05) is 0 Å². The van der Waals surface area contributed by atoms with Crippen molar-refractivity contribution < 1.29 is 4.74 Å². The van der Waals surface area contributed by atoms with E-state index < -0.39 is 0 Å². The van der Waals surface area contributed by atoms with Gasteiger partial charge in [-0.3, -0.25) is 4.40 Å². The summed E-state index contributed by atoms with van der Waals surface area (Å²) in [5, 5.41) is 7.77. The number of benzene rings is 1. The van der Waals surface area contributed by atoms with E-state index in [-0.39, 0.29) is 0 Å². The summed E-state index contributed by atoms with van der Waals surface area (Å²) in [4.78, 5) is 4.15. The van der Waals surface area contributed by atoms with Crippen molar-refractivity contribution in [3.63, 3.8) is 0 Å². The number of rotatable bonds is 3. The van der Waals surface area contributed by atoms with E-state index in [0.29, 0.717) is 23.8 Å². The summed E-state index contributed by atoms with van der Waals surface area (Å²) in [6.07, 6.45) is 5.00. The maximum absolute atomic E-state index is 5.70. The Bertz CT molecular complexity index is 679. The lowest BCUT2D eigenvalue weighted by Gasteiger charge is -2.06. The molecular weight excluding hydrogens is 230 g/mol. The molecule has 0 spiro atoms. The Hall–Kier alpha value is -2.47. The van der Waals surface area contributed by atoms with Crippen LogP contribution in [0.15, 0.2) is 43.0 Å². The Kier molecular flexibility index (Phi) is 2.62. The van der Waals surface area contributed by atoms with E-state index in [1.54, 1.807) is 23.1 Å². The zero-order chi connectivity index (χ0) is 12.4. The molecule has 0 amide bonds. The zero-order valence-electron chi connectivity index (χ0n) is 9.52. The highest BCUT2D eigenvalue weighted by Crippen LogP contribution is 2.22. The van der Waals surface area contributed by atoms with E-state index in [9.17, 15) is 0 Å². The summed E-state index contributed by atoms with van der Waals surface area (Å²) in [5.41, 5.74) is 7.17. The van der Waals surface area contributed by atoms with Crippen LogP contribution in [0, 0.1) is 0 Å². The zero-order valence-corrected chi connectivity index (χ0v) is 9.52. The van der Waals surface area contributed by atoms with Gasteiger partial charge >= 0.3 is 0 Å². The van der Waals surface area contributed by atoms with Crippen LogP contribution >= 0.6 is 0 Å². The number of hydrogen-bond acceptors (Lipinski definition) is 5. The first-order chi connectivity index (χ1) is 8.86. The molecular formula is C12H11N5O. The Labute approximate surface area is 103 Å². The Morgan fingerprint density at radius 2 is 2.28 bits per heavy atom. The second-order valence-electron chi connectivity index (χ2n) is 3.75. The number of aromatic nitrogens is 4. The van der Waals surface area contributed by atoms with E-state index in [1.165, 1.54) is 0 Å².